The molecule has 1 aromatic heterocycles. The number of nitrogens with one attached hydrogen (secondary N) is 1. The summed E-state index contributed by atoms with van der Waals surface area (Å²) in [6, 6.07) is 11.5. The fraction of sp³-hybridized carbons (Fsp3) is 0.167. The summed E-state index contributed by atoms with van der Waals surface area (Å²) >= 11 is 3.41. The summed E-state index contributed by atoms with van der Waals surface area (Å²) in [6.45, 7) is 3.85. The van der Waals surface area contributed by atoms with Gasteiger partial charge in [0.05, 0.1) is 10.9 Å². The number of anilines is 1. The molecule has 0 unspecified atom stereocenters. The van der Waals surface area contributed by atoms with Gasteiger partial charge in [0, 0.05) is 10.2 Å². The van der Waals surface area contributed by atoms with Crippen LogP contribution in [-0.4, -0.2) is 22.5 Å². The second-order valence-electron chi connectivity index (χ2n) is 5.50. The van der Waals surface area contributed by atoms with Crippen molar-refractivity contribution in [3.63, 3.8) is 0 Å². The van der Waals surface area contributed by atoms with Crippen molar-refractivity contribution in [3.05, 3.63) is 58.3 Å². The van der Waals surface area contributed by atoms with Crippen LogP contribution in [0.15, 0.2) is 47.2 Å². The van der Waals surface area contributed by atoms with E-state index in [2.05, 4.69) is 31.2 Å². The molecule has 1 N–H and O–H groups in total. The number of fused-ring (bicyclic) bond motifs is 1. The molecule has 5 nitrogen and oxygen atoms in total. The summed E-state index contributed by atoms with van der Waals surface area (Å²) in [5.41, 5.74) is 3.71. The van der Waals surface area contributed by atoms with Gasteiger partial charge in [-0.05, 0) is 43.7 Å². The van der Waals surface area contributed by atoms with E-state index >= 15 is 0 Å². The highest BCUT2D eigenvalue weighted by molar-refractivity contribution is 9.10. The van der Waals surface area contributed by atoms with E-state index in [1.807, 2.05) is 50.2 Å². The topological polar surface area (TPSA) is 64.1 Å². The van der Waals surface area contributed by atoms with Crippen molar-refractivity contribution in [1.82, 2.24) is 9.97 Å². The zero-order valence-corrected chi connectivity index (χ0v) is 14.9. The van der Waals surface area contributed by atoms with Crippen LogP contribution in [0, 0.1) is 13.8 Å². The van der Waals surface area contributed by atoms with Crippen LogP contribution in [0.1, 0.15) is 11.1 Å². The van der Waals surface area contributed by atoms with Gasteiger partial charge in [0.2, 0.25) is 5.88 Å². The number of carbonyl (C=O) groups is 1. The molecule has 0 aliphatic rings. The number of amides is 1. The molecular formula is C18H16BrN3O2. The Morgan fingerprint density at radius 2 is 2.00 bits per heavy atom. The van der Waals surface area contributed by atoms with Crippen LogP contribution in [-0.2, 0) is 4.79 Å². The Balaban J connectivity index is 1.71. The average molecular weight is 386 g/mol. The monoisotopic (exact) mass is 385 g/mol. The first-order valence-corrected chi connectivity index (χ1v) is 8.22. The summed E-state index contributed by atoms with van der Waals surface area (Å²) < 4.78 is 6.49. The lowest BCUT2D eigenvalue weighted by molar-refractivity contribution is -0.118. The first-order chi connectivity index (χ1) is 11.5. The van der Waals surface area contributed by atoms with Crippen molar-refractivity contribution in [2.45, 2.75) is 13.8 Å². The minimum Gasteiger partial charge on any atom is -0.467 e. The Hall–Kier alpha value is -2.47. The van der Waals surface area contributed by atoms with Crippen LogP contribution in [0.3, 0.4) is 0 Å². The lowest BCUT2D eigenvalue weighted by Gasteiger charge is -2.10. The van der Waals surface area contributed by atoms with Crippen molar-refractivity contribution in [3.8, 4) is 5.88 Å². The summed E-state index contributed by atoms with van der Waals surface area (Å²) in [5, 5.41) is 3.61. The molecular weight excluding hydrogens is 370 g/mol. The standard InChI is InChI=1S/C18H16BrN3O2/c1-11-3-5-15(12(2)7-11)22-17(23)9-24-18-14-8-13(19)4-6-16(14)20-10-21-18/h3-8,10H,9H2,1-2H3,(H,22,23). The molecule has 3 rings (SSSR count). The molecule has 1 heterocycles. The van der Waals surface area contributed by atoms with E-state index in [1.165, 1.54) is 6.33 Å². The summed E-state index contributed by atoms with van der Waals surface area (Å²) in [5.74, 6) is 0.154. The van der Waals surface area contributed by atoms with E-state index in [0.29, 0.717) is 5.88 Å². The van der Waals surface area contributed by atoms with Gasteiger partial charge < -0.3 is 10.1 Å². The molecule has 0 fully saturated rings. The zero-order chi connectivity index (χ0) is 17.1. The Kier molecular flexibility index (Phi) is 4.76. The van der Waals surface area contributed by atoms with Gasteiger partial charge in [0.15, 0.2) is 6.61 Å². The Morgan fingerprint density at radius 3 is 2.79 bits per heavy atom. The van der Waals surface area contributed by atoms with E-state index < -0.39 is 0 Å². The molecule has 2 aromatic carbocycles. The number of aryl methyl sites for hydroxylation is 2. The number of aromatic nitrogens is 2. The van der Waals surface area contributed by atoms with Gasteiger partial charge >= 0.3 is 0 Å². The van der Waals surface area contributed by atoms with Gasteiger partial charge in [-0.25, -0.2) is 9.97 Å². The highest BCUT2D eigenvalue weighted by atomic mass is 79.9. The van der Waals surface area contributed by atoms with E-state index in [-0.39, 0.29) is 12.5 Å². The molecule has 0 radical (unpaired) electrons. The highest BCUT2D eigenvalue weighted by Crippen LogP contribution is 2.25. The number of nitrogens with zero attached hydrogens (tertiary/aromatic N) is 2. The molecule has 3 aromatic rings. The predicted molar refractivity (Wildman–Crippen MR) is 97.3 cm³/mol. The SMILES string of the molecule is Cc1ccc(NC(=O)COc2ncnc3ccc(Br)cc23)c(C)c1. The average Bonchev–Trinajstić information content (AvgIpc) is 2.55. The van der Waals surface area contributed by atoms with E-state index in [4.69, 9.17) is 4.74 Å². The first kappa shape index (κ1) is 16.4. The quantitative estimate of drug-likeness (QED) is 0.736. The number of rotatable bonds is 4. The minimum atomic E-state index is -0.233. The number of halogens is 1. The van der Waals surface area contributed by atoms with Crippen molar-refractivity contribution in [2.24, 2.45) is 0 Å². The maximum absolute atomic E-state index is 12.1. The largest absolute Gasteiger partial charge is 0.467 e. The molecule has 6 heteroatoms. The Bertz CT molecular complexity index is 912. The molecule has 1 amide bonds. The molecule has 0 saturated heterocycles. The molecule has 0 atom stereocenters. The lowest BCUT2D eigenvalue weighted by Crippen LogP contribution is -2.21. The van der Waals surface area contributed by atoms with Crippen LogP contribution >= 0.6 is 15.9 Å². The number of hydrogen-bond donors (Lipinski definition) is 1. The minimum absolute atomic E-state index is 0.119. The number of ether oxygens (including phenoxy) is 1. The van der Waals surface area contributed by atoms with E-state index in [9.17, 15) is 4.79 Å². The molecule has 0 aliphatic carbocycles. The molecule has 0 bridgehead atoms. The van der Waals surface area contributed by atoms with Gasteiger partial charge in [-0.2, -0.15) is 0 Å². The molecule has 0 aliphatic heterocycles. The molecule has 24 heavy (non-hydrogen) atoms. The third-order valence-corrected chi connectivity index (χ3v) is 4.05. The number of carbonyl (C=O) groups excluding carboxylic acids is 1. The van der Waals surface area contributed by atoms with E-state index in [0.717, 1.165) is 32.2 Å². The van der Waals surface area contributed by atoms with Crippen molar-refractivity contribution in [2.75, 3.05) is 11.9 Å². The Labute approximate surface area is 148 Å². The normalized spacial score (nSPS) is 10.6. The van der Waals surface area contributed by atoms with Crippen molar-refractivity contribution >= 4 is 38.4 Å². The third kappa shape index (κ3) is 3.71. The van der Waals surface area contributed by atoms with Crippen molar-refractivity contribution < 1.29 is 9.53 Å². The van der Waals surface area contributed by atoms with Crippen LogP contribution in [0.25, 0.3) is 10.9 Å². The molecule has 122 valence electrons. The highest BCUT2D eigenvalue weighted by Gasteiger charge is 2.10. The summed E-state index contributed by atoms with van der Waals surface area (Å²) in [4.78, 5) is 20.4. The second-order valence-corrected chi connectivity index (χ2v) is 6.41. The lowest BCUT2D eigenvalue weighted by atomic mass is 10.1. The fourth-order valence-electron chi connectivity index (χ4n) is 2.39. The number of hydrogen-bond acceptors (Lipinski definition) is 4. The zero-order valence-electron chi connectivity index (χ0n) is 13.3. The maximum atomic E-state index is 12.1. The smallest absolute Gasteiger partial charge is 0.262 e. The van der Waals surface area contributed by atoms with Gasteiger partial charge in [-0.1, -0.05) is 33.6 Å². The maximum Gasteiger partial charge on any atom is 0.262 e. The second kappa shape index (κ2) is 6.97. The predicted octanol–water partition coefficient (Wildman–Crippen LogP) is 4.03. The molecule has 0 spiro atoms. The van der Waals surface area contributed by atoms with Crippen LogP contribution in [0.2, 0.25) is 0 Å². The van der Waals surface area contributed by atoms with Crippen LogP contribution in [0.5, 0.6) is 5.88 Å². The van der Waals surface area contributed by atoms with Gasteiger partial charge in [0.25, 0.3) is 5.91 Å². The number of benzene rings is 2. The van der Waals surface area contributed by atoms with Crippen LogP contribution in [0.4, 0.5) is 5.69 Å². The Morgan fingerprint density at radius 1 is 1.17 bits per heavy atom. The van der Waals surface area contributed by atoms with E-state index in [1.54, 1.807) is 0 Å². The van der Waals surface area contributed by atoms with Gasteiger partial charge in [-0.15, -0.1) is 0 Å². The summed E-state index contributed by atoms with van der Waals surface area (Å²) in [6.07, 6.45) is 1.42. The van der Waals surface area contributed by atoms with Crippen LogP contribution < -0.4 is 10.1 Å². The molecule has 0 saturated carbocycles. The van der Waals surface area contributed by atoms with Gasteiger partial charge in [-0.3, -0.25) is 4.79 Å². The summed E-state index contributed by atoms with van der Waals surface area (Å²) in [7, 11) is 0. The first-order valence-electron chi connectivity index (χ1n) is 7.43. The third-order valence-electron chi connectivity index (χ3n) is 3.56. The van der Waals surface area contributed by atoms with Gasteiger partial charge in [0.1, 0.15) is 6.33 Å². The fourth-order valence-corrected chi connectivity index (χ4v) is 2.76. The van der Waals surface area contributed by atoms with Crippen molar-refractivity contribution in [1.29, 1.82) is 0 Å².